The molecule has 1 aromatic carbocycles. The molecular formula is C36H47N2O11S2-. The molecule has 0 spiro atoms. The van der Waals surface area contributed by atoms with Gasteiger partial charge in [0.25, 0.3) is 0 Å². The highest BCUT2D eigenvalue weighted by Gasteiger charge is 2.44. The quantitative estimate of drug-likeness (QED) is 0.164. The first-order chi connectivity index (χ1) is 23.8. The first-order valence-corrected chi connectivity index (χ1v) is 19.7. The van der Waals surface area contributed by atoms with E-state index in [4.69, 9.17) is 13.9 Å². The molecule has 2 heterocycles. The highest BCUT2D eigenvalue weighted by molar-refractivity contribution is 7.86. The van der Waals surface area contributed by atoms with E-state index in [0.717, 1.165) is 16.5 Å². The van der Waals surface area contributed by atoms with Crippen molar-refractivity contribution in [3.63, 3.8) is 0 Å². The van der Waals surface area contributed by atoms with Crippen LogP contribution in [0.1, 0.15) is 70.3 Å². The van der Waals surface area contributed by atoms with Crippen LogP contribution in [0.3, 0.4) is 0 Å². The topological polar surface area (TPSA) is 190 Å². The fourth-order valence-electron chi connectivity index (χ4n) is 6.64. The van der Waals surface area contributed by atoms with Crippen molar-refractivity contribution in [3.8, 4) is 11.3 Å². The van der Waals surface area contributed by atoms with E-state index in [1.807, 2.05) is 31.2 Å². The lowest BCUT2D eigenvalue weighted by Crippen LogP contribution is -2.35. The van der Waals surface area contributed by atoms with Gasteiger partial charge in [0.1, 0.15) is 34.9 Å². The maximum atomic E-state index is 12.1. The molecule has 0 saturated heterocycles. The van der Waals surface area contributed by atoms with Crippen molar-refractivity contribution in [1.29, 1.82) is 0 Å². The number of benzene rings is 2. The summed E-state index contributed by atoms with van der Waals surface area (Å²) >= 11 is 0. The lowest BCUT2D eigenvalue weighted by Gasteiger charge is -2.31. The smallest absolute Gasteiger partial charge is 0.303 e. The second kappa shape index (κ2) is 16.0. The Hall–Kier alpha value is -3.60. The van der Waals surface area contributed by atoms with Crippen LogP contribution in [0, 0.1) is 0 Å². The van der Waals surface area contributed by atoms with Crippen molar-refractivity contribution in [2.75, 3.05) is 57.7 Å². The molecule has 1 atom stereocenters. The summed E-state index contributed by atoms with van der Waals surface area (Å²) in [5, 5.41) is 10.4. The Labute approximate surface area is 300 Å². The van der Waals surface area contributed by atoms with E-state index in [2.05, 4.69) is 25.3 Å². The number of carboxylic acids is 1. The molecular weight excluding hydrogens is 701 g/mol. The van der Waals surface area contributed by atoms with Gasteiger partial charge in [0, 0.05) is 67.4 Å². The van der Waals surface area contributed by atoms with E-state index in [-0.39, 0.29) is 37.6 Å². The molecule has 0 radical (unpaired) electrons. The molecule has 13 nitrogen and oxygen atoms in total. The summed E-state index contributed by atoms with van der Waals surface area (Å²) in [4.78, 5) is 12.9. The van der Waals surface area contributed by atoms with Crippen molar-refractivity contribution in [2.24, 2.45) is 0 Å². The number of carbonyl (C=O) groups is 1. The van der Waals surface area contributed by atoms with Crippen molar-refractivity contribution in [1.82, 2.24) is 4.58 Å². The number of methoxy groups -OCH3 is 2. The highest BCUT2D eigenvalue weighted by Crippen LogP contribution is 2.52. The van der Waals surface area contributed by atoms with E-state index < -0.39 is 42.3 Å². The largest absolute Gasteiger partial charge is 0.748 e. The third-order valence-corrected chi connectivity index (χ3v) is 10.8. The second-order valence-electron chi connectivity index (χ2n) is 14.0. The Morgan fingerprint density at radius 2 is 1.67 bits per heavy atom. The fraction of sp³-hybridized carbons (Fsp3) is 0.500. The maximum absolute atomic E-state index is 12.1. The van der Waals surface area contributed by atoms with Crippen molar-refractivity contribution < 1.29 is 49.7 Å². The van der Waals surface area contributed by atoms with Crippen molar-refractivity contribution >= 4 is 38.0 Å². The fourth-order valence-corrected chi connectivity index (χ4v) is 7.62. The summed E-state index contributed by atoms with van der Waals surface area (Å²) in [6.07, 6.45) is 2.05. The van der Waals surface area contributed by atoms with E-state index in [1.165, 1.54) is 18.2 Å². The number of fused-ring (bicyclic) bond motifs is 2. The average molecular weight is 748 g/mol. The molecule has 1 aromatic rings. The standard InChI is InChI=1S/C36H48N2O11S2/c1-35(2,3)29-22-26(49-32-21-25(10-12-28(29)32)37(16-18-47-5)17-19-48-6)23-33-36(4,14-7-9-34(39)40)30-24-27(51(44,45)46)11-13-31(30)38(33)15-8-20-50(41,42)43/h10-13,21-24H,7-9,14-20H2,1-6H3,(H2-,39,40,41,42,43,44,45,46)/p-1. The van der Waals surface area contributed by atoms with Crippen LogP contribution in [0.2, 0.25) is 0 Å². The minimum absolute atomic E-state index is 0.0420. The van der Waals surface area contributed by atoms with Gasteiger partial charge in [-0.1, -0.05) is 20.8 Å². The van der Waals surface area contributed by atoms with Gasteiger partial charge in [0.15, 0.2) is 13.1 Å². The monoisotopic (exact) mass is 747 g/mol. The molecule has 3 aliphatic rings. The van der Waals surface area contributed by atoms with Crippen LogP contribution < -0.4 is 14.8 Å². The van der Waals surface area contributed by atoms with E-state index in [1.54, 1.807) is 25.2 Å². The van der Waals surface area contributed by atoms with Crippen LogP contribution in [0.25, 0.3) is 17.4 Å². The highest BCUT2D eigenvalue weighted by atomic mass is 32.2. The molecule has 2 aliphatic heterocycles. The predicted octanol–water partition coefficient (Wildman–Crippen LogP) is 3.96. The molecule has 4 rings (SSSR count). The Balaban J connectivity index is 2.02. The SMILES string of the molecule is COCC[N+](CCOC)=c1ccc2c(C(C)(C)C)cc(/C=C3/N(CCCS(=O)(=O)[O-])c4ccc(S(=O)(=O)[O-])cc4C3(C)CCCC(=O)O)oc-2c1. The molecule has 0 fully saturated rings. The molecule has 0 amide bonds. The second-order valence-corrected chi connectivity index (χ2v) is 16.9. The first-order valence-electron chi connectivity index (χ1n) is 16.7. The van der Waals surface area contributed by atoms with Crippen LogP contribution in [0.15, 0.2) is 57.5 Å². The van der Waals surface area contributed by atoms with Gasteiger partial charge in [-0.25, -0.2) is 21.4 Å². The number of hydrogen-bond donors (Lipinski definition) is 1. The van der Waals surface area contributed by atoms with Gasteiger partial charge in [0.05, 0.1) is 21.1 Å². The van der Waals surface area contributed by atoms with Crippen LogP contribution in [-0.2, 0) is 45.3 Å². The number of carboxylic acid groups (broad SMARTS) is 1. The molecule has 1 unspecified atom stereocenters. The molecule has 0 aromatic heterocycles. The summed E-state index contributed by atoms with van der Waals surface area (Å²) in [6, 6.07) is 11.9. The molecule has 280 valence electrons. The van der Waals surface area contributed by atoms with Crippen LogP contribution in [0.4, 0.5) is 5.69 Å². The number of nitrogens with zero attached hydrogens (tertiary/aromatic N) is 2. The number of allylic oxidation sites excluding steroid dienone is 1. The lowest BCUT2D eigenvalue weighted by atomic mass is 9.77. The number of rotatable bonds is 16. The minimum Gasteiger partial charge on any atom is -0.748 e. The number of hydrogen-bond acceptors (Lipinski definition) is 11. The van der Waals surface area contributed by atoms with Gasteiger partial charge in [-0.2, -0.15) is 0 Å². The van der Waals surface area contributed by atoms with Gasteiger partial charge >= 0.3 is 5.97 Å². The van der Waals surface area contributed by atoms with E-state index in [9.17, 15) is 35.8 Å². The van der Waals surface area contributed by atoms with Crippen LogP contribution in [0.5, 0.6) is 0 Å². The number of anilines is 1. The van der Waals surface area contributed by atoms with Gasteiger partial charge in [-0.3, -0.25) is 4.79 Å². The first kappa shape index (κ1) is 40.2. The summed E-state index contributed by atoms with van der Waals surface area (Å²) in [5.41, 5.74) is 2.06. The zero-order valence-corrected chi connectivity index (χ0v) is 31.6. The molecule has 0 saturated carbocycles. The Bertz CT molecular complexity index is 2020. The average Bonchev–Trinajstić information content (AvgIpc) is 3.25. The zero-order valence-electron chi connectivity index (χ0n) is 29.9. The van der Waals surface area contributed by atoms with E-state index >= 15 is 0 Å². The van der Waals surface area contributed by atoms with Crippen molar-refractivity contribution in [2.45, 2.75) is 69.1 Å². The van der Waals surface area contributed by atoms with Crippen LogP contribution >= 0.6 is 0 Å². The van der Waals surface area contributed by atoms with Gasteiger partial charge in [-0.15, -0.1) is 0 Å². The van der Waals surface area contributed by atoms with Crippen LogP contribution in [-0.4, -0.2) is 89.8 Å². The normalized spacial score (nSPS) is 17.3. The third kappa shape index (κ3) is 9.84. The van der Waals surface area contributed by atoms with E-state index in [0.29, 0.717) is 54.8 Å². The Kier molecular flexibility index (Phi) is 12.6. The Morgan fingerprint density at radius 1 is 1.00 bits per heavy atom. The zero-order chi connectivity index (χ0) is 37.8. The molecule has 1 aliphatic carbocycles. The lowest BCUT2D eigenvalue weighted by molar-refractivity contribution is -0.137. The van der Waals surface area contributed by atoms with Crippen molar-refractivity contribution in [3.05, 3.63) is 70.4 Å². The minimum atomic E-state index is -4.85. The third-order valence-electron chi connectivity index (χ3n) is 9.19. The molecule has 0 bridgehead atoms. The van der Waals surface area contributed by atoms with Gasteiger partial charge in [0.2, 0.25) is 5.36 Å². The number of ether oxygens (including phenoxy) is 2. The molecule has 15 heteroatoms. The maximum Gasteiger partial charge on any atom is 0.303 e. The summed E-state index contributed by atoms with van der Waals surface area (Å²) < 4.78 is 90.6. The summed E-state index contributed by atoms with van der Waals surface area (Å²) in [6.45, 7) is 10.4. The summed E-state index contributed by atoms with van der Waals surface area (Å²) in [5.74, 6) is -0.598. The molecule has 1 N–H and O–H groups in total. The number of aliphatic carboxylic acids is 1. The predicted molar refractivity (Wildman–Crippen MR) is 191 cm³/mol. The molecule has 51 heavy (non-hydrogen) atoms. The van der Waals surface area contributed by atoms with Gasteiger partial charge in [-0.05, 0) is 73.1 Å². The van der Waals surface area contributed by atoms with Gasteiger partial charge < -0.3 is 33.0 Å². The summed E-state index contributed by atoms with van der Waals surface area (Å²) in [7, 11) is -6.11. The Morgan fingerprint density at radius 3 is 2.24 bits per heavy atom.